The van der Waals surface area contributed by atoms with Crippen LogP contribution >= 0.6 is 0 Å². The standard InChI is InChI=1S/C11H15N3O/c1-7(2)6-12-11(15)10-5-8(3)13-14-9(10)4/h5H,1,6H2,2-4H3,(H,12,15). The van der Waals surface area contributed by atoms with E-state index in [0.717, 1.165) is 11.3 Å². The van der Waals surface area contributed by atoms with Crippen molar-refractivity contribution in [1.82, 2.24) is 15.5 Å². The maximum atomic E-state index is 11.7. The van der Waals surface area contributed by atoms with Crippen molar-refractivity contribution in [2.75, 3.05) is 6.54 Å². The summed E-state index contributed by atoms with van der Waals surface area (Å²) in [5.41, 5.74) is 2.87. The Labute approximate surface area is 89.4 Å². The first-order valence-electron chi connectivity index (χ1n) is 4.74. The fourth-order valence-electron chi connectivity index (χ4n) is 1.11. The van der Waals surface area contributed by atoms with Gasteiger partial charge in [0, 0.05) is 6.54 Å². The second-order valence-corrected chi connectivity index (χ2v) is 3.62. The van der Waals surface area contributed by atoms with Gasteiger partial charge in [-0.3, -0.25) is 4.79 Å². The minimum absolute atomic E-state index is 0.131. The summed E-state index contributed by atoms with van der Waals surface area (Å²) in [6.45, 7) is 9.64. The van der Waals surface area contributed by atoms with Crippen LogP contribution in [0.25, 0.3) is 0 Å². The molecular weight excluding hydrogens is 190 g/mol. The molecule has 0 aliphatic rings. The van der Waals surface area contributed by atoms with Gasteiger partial charge in [-0.15, -0.1) is 0 Å². The molecule has 0 aliphatic carbocycles. The van der Waals surface area contributed by atoms with E-state index in [2.05, 4.69) is 22.1 Å². The zero-order valence-electron chi connectivity index (χ0n) is 9.29. The number of aromatic nitrogens is 2. The first-order valence-corrected chi connectivity index (χ1v) is 4.74. The highest BCUT2D eigenvalue weighted by Crippen LogP contribution is 2.04. The number of amides is 1. The van der Waals surface area contributed by atoms with Gasteiger partial charge in [-0.05, 0) is 26.8 Å². The number of hydrogen-bond acceptors (Lipinski definition) is 3. The quantitative estimate of drug-likeness (QED) is 0.759. The van der Waals surface area contributed by atoms with E-state index < -0.39 is 0 Å². The zero-order valence-corrected chi connectivity index (χ0v) is 9.29. The molecule has 4 heteroatoms. The third-order valence-electron chi connectivity index (χ3n) is 1.90. The molecule has 80 valence electrons. The van der Waals surface area contributed by atoms with E-state index in [0.29, 0.717) is 17.8 Å². The summed E-state index contributed by atoms with van der Waals surface area (Å²) in [6, 6.07) is 1.73. The lowest BCUT2D eigenvalue weighted by Gasteiger charge is -2.06. The Morgan fingerprint density at radius 3 is 2.73 bits per heavy atom. The fraction of sp³-hybridized carbons (Fsp3) is 0.364. The van der Waals surface area contributed by atoms with Gasteiger partial charge >= 0.3 is 0 Å². The van der Waals surface area contributed by atoms with Crippen LogP contribution in [0.2, 0.25) is 0 Å². The topological polar surface area (TPSA) is 54.9 Å². The van der Waals surface area contributed by atoms with Gasteiger partial charge in [-0.1, -0.05) is 12.2 Å². The molecule has 0 saturated heterocycles. The highest BCUT2D eigenvalue weighted by atomic mass is 16.1. The molecule has 1 aromatic rings. The minimum Gasteiger partial charge on any atom is -0.348 e. The molecular formula is C11H15N3O. The van der Waals surface area contributed by atoms with Gasteiger partial charge in [0.05, 0.1) is 17.0 Å². The number of nitrogens with one attached hydrogen (secondary N) is 1. The molecule has 0 aliphatic heterocycles. The molecule has 4 nitrogen and oxygen atoms in total. The smallest absolute Gasteiger partial charge is 0.253 e. The van der Waals surface area contributed by atoms with Crippen molar-refractivity contribution < 1.29 is 4.79 Å². The molecule has 15 heavy (non-hydrogen) atoms. The molecule has 0 atom stereocenters. The van der Waals surface area contributed by atoms with Crippen LogP contribution in [-0.4, -0.2) is 22.6 Å². The van der Waals surface area contributed by atoms with Gasteiger partial charge in [0.2, 0.25) is 0 Å². The lowest BCUT2D eigenvalue weighted by Crippen LogP contribution is -2.26. The first kappa shape index (κ1) is 11.4. The molecule has 0 fully saturated rings. The summed E-state index contributed by atoms with van der Waals surface area (Å²) in [4.78, 5) is 11.7. The van der Waals surface area contributed by atoms with E-state index in [1.807, 2.05) is 13.8 Å². The van der Waals surface area contributed by atoms with Crippen LogP contribution in [0.1, 0.15) is 28.7 Å². The number of carbonyl (C=O) groups is 1. The monoisotopic (exact) mass is 205 g/mol. The van der Waals surface area contributed by atoms with Crippen molar-refractivity contribution in [2.45, 2.75) is 20.8 Å². The Morgan fingerprint density at radius 1 is 1.47 bits per heavy atom. The van der Waals surface area contributed by atoms with E-state index in [-0.39, 0.29) is 5.91 Å². The Kier molecular flexibility index (Phi) is 3.55. The Balaban J connectivity index is 2.81. The third kappa shape index (κ3) is 3.16. The van der Waals surface area contributed by atoms with Crippen LogP contribution in [-0.2, 0) is 0 Å². The van der Waals surface area contributed by atoms with Crippen LogP contribution in [0.5, 0.6) is 0 Å². The van der Waals surface area contributed by atoms with Gasteiger partial charge < -0.3 is 5.32 Å². The number of carbonyl (C=O) groups excluding carboxylic acids is 1. The van der Waals surface area contributed by atoms with Gasteiger partial charge in [0.1, 0.15) is 0 Å². The van der Waals surface area contributed by atoms with E-state index in [1.54, 1.807) is 13.0 Å². The third-order valence-corrected chi connectivity index (χ3v) is 1.90. The highest BCUT2D eigenvalue weighted by molar-refractivity contribution is 5.95. The molecule has 0 unspecified atom stereocenters. The molecule has 1 N–H and O–H groups in total. The second kappa shape index (κ2) is 4.68. The molecule has 1 amide bonds. The zero-order chi connectivity index (χ0) is 11.4. The van der Waals surface area contributed by atoms with Crippen molar-refractivity contribution >= 4 is 5.91 Å². The Bertz CT molecular complexity index is 399. The second-order valence-electron chi connectivity index (χ2n) is 3.62. The molecule has 0 saturated carbocycles. The summed E-state index contributed by atoms with van der Waals surface area (Å²) < 4.78 is 0. The van der Waals surface area contributed by atoms with Crippen LogP contribution in [0, 0.1) is 13.8 Å². The largest absolute Gasteiger partial charge is 0.348 e. The summed E-state index contributed by atoms with van der Waals surface area (Å²) in [5.74, 6) is -0.131. The average molecular weight is 205 g/mol. The summed E-state index contributed by atoms with van der Waals surface area (Å²) >= 11 is 0. The minimum atomic E-state index is -0.131. The number of nitrogens with zero attached hydrogens (tertiary/aromatic N) is 2. The van der Waals surface area contributed by atoms with Crippen LogP contribution in [0.15, 0.2) is 18.2 Å². The van der Waals surface area contributed by atoms with Crippen molar-refractivity contribution in [3.63, 3.8) is 0 Å². The van der Waals surface area contributed by atoms with Crippen molar-refractivity contribution in [3.8, 4) is 0 Å². The van der Waals surface area contributed by atoms with Gasteiger partial charge in [0.25, 0.3) is 5.91 Å². The predicted molar refractivity (Wildman–Crippen MR) is 58.7 cm³/mol. The summed E-state index contributed by atoms with van der Waals surface area (Å²) in [6.07, 6.45) is 0. The van der Waals surface area contributed by atoms with E-state index in [1.165, 1.54) is 0 Å². The Hall–Kier alpha value is -1.71. The molecule has 0 aromatic carbocycles. The van der Waals surface area contributed by atoms with Crippen LogP contribution < -0.4 is 5.32 Å². The molecule has 0 radical (unpaired) electrons. The number of rotatable bonds is 3. The summed E-state index contributed by atoms with van der Waals surface area (Å²) in [7, 11) is 0. The van der Waals surface area contributed by atoms with Gasteiger partial charge in [0.15, 0.2) is 0 Å². The molecule has 0 bridgehead atoms. The lowest BCUT2D eigenvalue weighted by molar-refractivity contribution is 0.0955. The number of hydrogen-bond donors (Lipinski definition) is 1. The van der Waals surface area contributed by atoms with Crippen molar-refractivity contribution in [1.29, 1.82) is 0 Å². The van der Waals surface area contributed by atoms with E-state index in [4.69, 9.17) is 0 Å². The lowest BCUT2D eigenvalue weighted by atomic mass is 10.2. The van der Waals surface area contributed by atoms with E-state index in [9.17, 15) is 4.79 Å². The van der Waals surface area contributed by atoms with Crippen molar-refractivity contribution in [2.24, 2.45) is 0 Å². The fourth-order valence-corrected chi connectivity index (χ4v) is 1.11. The maximum absolute atomic E-state index is 11.7. The van der Waals surface area contributed by atoms with Crippen LogP contribution in [0.3, 0.4) is 0 Å². The summed E-state index contributed by atoms with van der Waals surface area (Å²) in [5, 5.41) is 10.5. The molecule has 0 spiro atoms. The normalized spacial score (nSPS) is 9.80. The van der Waals surface area contributed by atoms with E-state index >= 15 is 0 Å². The predicted octanol–water partition coefficient (Wildman–Crippen LogP) is 1.40. The SMILES string of the molecule is C=C(C)CNC(=O)c1cc(C)nnc1C. The maximum Gasteiger partial charge on any atom is 0.253 e. The molecule has 1 rings (SSSR count). The molecule has 1 aromatic heterocycles. The number of aryl methyl sites for hydroxylation is 2. The van der Waals surface area contributed by atoms with Crippen LogP contribution in [0.4, 0.5) is 0 Å². The van der Waals surface area contributed by atoms with Gasteiger partial charge in [-0.2, -0.15) is 10.2 Å². The average Bonchev–Trinajstić information content (AvgIpc) is 2.18. The van der Waals surface area contributed by atoms with Crippen molar-refractivity contribution in [3.05, 3.63) is 35.2 Å². The van der Waals surface area contributed by atoms with Gasteiger partial charge in [-0.25, -0.2) is 0 Å². The highest BCUT2D eigenvalue weighted by Gasteiger charge is 2.10. The first-order chi connectivity index (χ1) is 7.00. The molecule has 1 heterocycles. The Morgan fingerprint density at radius 2 is 2.13 bits per heavy atom.